The van der Waals surface area contributed by atoms with E-state index in [1.165, 1.54) is 6.42 Å². The van der Waals surface area contributed by atoms with Crippen molar-refractivity contribution in [2.75, 3.05) is 31.1 Å². The second-order valence-electron chi connectivity index (χ2n) is 6.71. The fourth-order valence-corrected chi connectivity index (χ4v) is 3.23. The Morgan fingerprint density at radius 1 is 1.15 bits per heavy atom. The summed E-state index contributed by atoms with van der Waals surface area (Å²) in [7, 11) is 0. The molecule has 0 spiro atoms. The Morgan fingerprint density at radius 3 is 2.63 bits per heavy atom. The van der Waals surface area contributed by atoms with Gasteiger partial charge in [0.1, 0.15) is 12.4 Å². The van der Waals surface area contributed by atoms with Gasteiger partial charge in [0.25, 0.3) is 0 Å². The number of halogens is 3. The maximum atomic E-state index is 12.2. The number of benzene rings is 1. The van der Waals surface area contributed by atoms with Crippen molar-refractivity contribution in [3.63, 3.8) is 0 Å². The van der Waals surface area contributed by atoms with E-state index in [0.29, 0.717) is 6.54 Å². The summed E-state index contributed by atoms with van der Waals surface area (Å²) in [6.45, 7) is 0.740. The smallest absolute Gasteiger partial charge is 0.356 e. The van der Waals surface area contributed by atoms with E-state index in [9.17, 15) is 18.0 Å². The van der Waals surface area contributed by atoms with Crippen LogP contribution in [0.3, 0.4) is 0 Å². The molecular weight excluding hydrogens is 357 g/mol. The Labute approximate surface area is 155 Å². The van der Waals surface area contributed by atoms with Crippen LogP contribution in [0.25, 0.3) is 10.9 Å². The normalized spacial score (nSPS) is 15.1. The second-order valence-corrected chi connectivity index (χ2v) is 6.71. The molecule has 0 atom stereocenters. The number of nitrogens with zero attached hydrogens (tertiary/aromatic N) is 2. The molecule has 3 rings (SSSR count). The van der Waals surface area contributed by atoms with Gasteiger partial charge in [-0.1, -0.05) is 18.2 Å². The first-order chi connectivity index (χ1) is 12.9. The summed E-state index contributed by atoms with van der Waals surface area (Å²) >= 11 is 0. The molecule has 0 bridgehead atoms. The topological polar surface area (TPSA) is 57.3 Å². The highest BCUT2D eigenvalue weighted by Crippen LogP contribution is 2.26. The van der Waals surface area contributed by atoms with E-state index in [4.69, 9.17) is 4.98 Å². The minimum atomic E-state index is -4.40. The largest absolute Gasteiger partial charge is 0.405 e. The highest BCUT2D eigenvalue weighted by Gasteiger charge is 2.27. The molecule has 1 aliphatic heterocycles. The summed E-state index contributed by atoms with van der Waals surface area (Å²) in [5.41, 5.74) is 1.85. The van der Waals surface area contributed by atoms with Gasteiger partial charge in [-0.3, -0.25) is 4.79 Å². The van der Waals surface area contributed by atoms with Crippen LogP contribution < -0.4 is 15.5 Å². The number of nitrogens with one attached hydrogen (secondary N) is 2. The van der Waals surface area contributed by atoms with Crippen molar-refractivity contribution in [3.05, 3.63) is 35.9 Å². The van der Waals surface area contributed by atoms with Crippen LogP contribution >= 0.6 is 0 Å². The molecule has 0 unspecified atom stereocenters. The number of aromatic nitrogens is 1. The van der Waals surface area contributed by atoms with Crippen LogP contribution in [0.5, 0.6) is 0 Å². The van der Waals surface area contributed by atoms with Crippen molar-refractivity contribution in [1.29, 1.82) is 0 Å². The minimum Gasteiger partial charge on any atom is -0.356 e. The molecule has 1 fully saturated rings. The number of fused-ring (bicyclic) bond motifs is 1. The third-order valence-corrected chi connectivity index (χ3v) is 4.52. The Morgan fingerprint density at radius 2 is 1.89 bits per heavy atom. The van der Waals surface area contributed by atoms with Gasteiger partial charge >= 0.3 is 6.18 Å². The molecule has 2 N–H and O–H groups in total. The lowest BCUT2D eigenvalue weighted by Gasteiger charge is -2.30. The van der Waals surface area contributed by atoms with E-state index < -0.39 is 18.6 Å². The van der Waals surface area contributed by atoms with Crippen molar-refractivity contribution in [2.24, 2.45) is 0 Å². The molecule has 1 amide bonds. The predicted molar refractivity (Wildman–Crippen MR) is 98.6 cm³/mol. The number of alkyl halides is 3. The lowest BCUT2D eigenvalue weighted by molar-refractivity contribution is -0.137. The molecule has 0 aliphatic carbocycles. The maximum Gasteiger partial charge on any atom is 0.405 e. The fourth-order valence-electron chi connectivity index (χ4n) is 3.23. The first-order valence-corrected chi connectivity index (χ1v) is 9.10. The molecule has 5 nitrogen and oxygen atoms in total. The molecule has 1 aromatic heterocycles. The van der Waals surface area contributed by atoms with Crippen molar-refractivity contribution in [1.82, 2.24) is 15.6 Å². The van der Waals surface area contributed by atoms with Crippen LogP contribution in [0.2, 0.25) is 0 Å². The molecule has 1 aliphatic rings. The number of anilines is 1. The van der Waals surface area contributed by atoms with E-state index in [0.717, 1.165) is 48.2 Å². The summed E-state index contributed by atoms with van der Waals surface area (Å²) in [6.07, 6.45) is -0.973. The molecule has 8 heteroatoms. The van der Waals surface area contributed by atoms with Gasteiger partial charge in [0.2, 0.25) is 5.91 Å². The van der Waals surface area contributed by atoms with Crippen molar-refractivity contribution >= 4 is 22.6 Å². The molecule has 2 heterocycles. The average Bonchev–Trinajstić information content (AvgIpc) is 2.66. The molecule has 146 valence electrons. The first-order valence-electron chi connectivity index (χ1n) is 9.10. The van der Waals surface area contributed by atoms with Crippen molar-refractivity contribution in [3.8, 4) is 0 Å². The predicted octanol–water partition coefficient (Wildman–Crippen LogP) is 2.99. The van der Waals surface area contributed by atoms with E-state index in [1.807, 2.05) is 35.6 Å². The van der Waals surface area contributed by atoms with Gasteiger partial charge in [-0.2, -0.15) is 13.2 Å². The third kappa shape index (κ3) is 5.56. The van der Waals surface area contributed by atoms with Crippen LogP contribution in [-0.2, 0) is 11.3 Å². The molecule has 0 saturated carbocycles. The minimum absolute atomic E-state index is 0.178. The monoisotopic (exact) mass is 380 g/mol. The van der Waals surface area contributed by atoms with Crippen LogP contribution in [0.4, 0.5) is 19.0 Å². The quantitative estimate of drug-likeness (QED) is 0.809. The highest BCUT2D eigenvalue weighted by molar-refractivity contribution is 5.82. The summed E-state index contributed by atoms with van der Waals surface area (Å²) < 4.78 is 36.5. The van der Waals surface area contributed by atoms with E-state index in [-0.39, 0.29) is 6.54 Å². The number of pyridine rings is 1. The summed E-state index contributed by atoms with van der Waals surface area (Å²) in [4.78, 5) is 18.6. The zero-order valence-electron chi connectivity index (χ0n) is 15.0. The molecule has 27 heavy (non-hydrogen) atoms. The number of rotatable bonds is 6. The van der Waals surface area contributed by atoms with E-state index in [2.05, 4.69) is 10.2 Å². The lowest BCUT2D eigenvalue weighted by Crippen LogP contribution is -2.39. The first kappa shape index (κ1) is 19.4. The number of carbonyl (C=O) groups excluding carboxylic acids is 1. The summed E-state index contributed by atoms with van der Waals surface area (Å²) in [6, 6.07) is 9.85. The summed E-state index contributed by atoms with van der Waals surface area (Å²) in [5.74, 6) is 0.206. The van der Waals surface area contributed by atoms with Crippen LogP contribution in [0.1, 0.15) is 24.8 Å². The average molecular weight is 380 g/mol. The van der Waals surface area contributed by atoms with E-state index >= 15 is 0 Å². The van der Waals surface area contributed by atoms with Crippen molar-refractivity contribution in [2.45, 2.75) is 32.0 Å². The number of hydrogen-bond donors (Lipinski definition) is 2. The van der Waals surface area contributed by atoms with Crippen molar-refractivity contribution < 1.29 is 18.0 Å². The number of hydrogen-bond acceptors (Lipinski definition) is 4. The molecule has 0 radical (unpaired) electrons. The molecular formula is C19H23F3N4O. The fraction of sp³-hybridized carbons (Fsp3) is 0.474. The van der Waals surface area contributed by atoms with Crippen LogP contribution in [-0.4, -0.2) is 43.2 Å². The third-order valence-electron chi connectivity index (χ3n) is 4.52. The molecule has 2 aromatic rings. The maximum absolute atomic E-state index is 12.2. The standard InChI is InChI=1S/C19H23F3N4O/c20-19(21,22)13-24-17(27)12-23-11-15-10-14-6-2-3-7-16(14)25-18(15)26-8-4-1-5-9-26/h2-3,6-7,10,23H,1,4-5,8-9,11-13H2,(H,24,27). The summed E-state index contributed by atoms with van der Waals surface area (Å²) in [5, 5.41) is 5.80. The Kier molecular flexibility index (Phi) is 6.15. The zero-order chi connectivity index (χ0) is 19.3. The number of amides is 1. The van der Waals surface area contributed by atoms with Gasteiger partial charge < -0.3 is 15.5 Å². The second kappa shape index (κ2) is 8.56. The lowest BCUT2D eigenvalue weighted by atomic mass is 10.1. The Hall–Kier alpha value is -2.35. The molecule has 1 saturated heterocycles. The van der Waals surface area contributed by atoms with Crippen LogP contribution in [0, 0.1) is 0 Å². The SMILES string of the molecule is O=C(CNCc1cc2ccccc2nc1N1CCCCC1)NCC(F)(F)F. The van der Waals surface area contributed by atoms with Gasteiger partial charge in [0.15, 0.2) is 0 Å². The van der Waals surface area contributed by atoms with Gasteiger partial charge in [-0.25, -0.2) is 4.98 Å². The Bertz CT molecular complexity index is 788. The van der Waals surface area contributed by atoms with Gasteiger partial charge in [-0.15, -0.1) is 0 Å². The molecule has 1 aromatic carbocycles. The van der Waals surface area contributed by atoms with Gasteiger partial charge in [0, 0.05) is 30.6 Å². The number of carbonyl (C=O) groups is 1. The zero-order valence-corrected chi connectivity index (χ0v) is 15.0. The number of piperidine rings is 1. The van der Waals surface area contributed by atoms with E-state index in [1.54, 1.807) is 0 Å². The highest BCUT2D eigenvalue weighted by atomic mass is 19.4. The van der Waals surface area contributed by atoms with Gasteiger partial charge in [-0.05, 0) is 31.4 Å². The number of para-hydroxylation sites is 1. The Balaban J connectivity index is 1.69. The van der Waals surface area contributed by atoms with Crippen LogP contribution in [0.15, 0.2) is 30.3 Å². The van der Waals surface area contributed by atoms with Gasteiger partial charge in [0.05, 0.1) is 12.1 Å².